The average molecular weight is 408 g/mol. The quantitative estimate of drug-likeness (QED) is 0.497. The number of amides is 1. The van der Waals surface area contributed by atoms with Crippen molar-refractivity contribution in [3.63, 3.8) is 0 Å². The molecule has 3 nitrogen and oxygen atoms in total. The summed E-state index contributed by atoms with van der Waals surface area (Å²) in [5, 5.41) is 0.951. The normalized spacial score (nSPS) is 10.7. The van der Waals surface area contributed by atoms with E-state index in [1.807, 2.05) is 23.1 Å². The van der Waals surface area contributed by atoms with Gasteiger partial charge in [0.15, 0.2) is 0 Å². The Balaban J connectivity index is 2.11. The van der Waals surface area contributed by atoms with E-state index in [0.29, 0.717) is 22.4 Å². The summed E-state index contributed by atoms with van der Waals surface area (Å²) in [5.74, 6) is 0.628. The first-order chi connectivity index (χ1) is 13.0. The lowest BCUT2D eigenvalue weighted by atomic mass is 10.1. The molecular formula is C22H27Cl2NO2. The maximum atomic E-state index is 12.7. The summed E-state index contributed by atoms with van der Waals surface area (Å²) in [6.07, 6.45) is 2.87. The minimum absolute atomic E-state index is 0.0740. The van der Waals surface area contributed by atoms with Crippen molar-refractivity contribution in [1.82, 2.24) is 4.90 Å². The minimum Gasteiger partial charge on any atom is -0.491 e. The van der Waals surface area contributed by atoms with Crippen LogP contribution in [0.4, 0.5) is 0 Å². The molecule has 2 aromatic carbocycles. The highest BCUT2D eigenvalue weighted by Gasteiger charge is 2.18. The third-order valence-corrected chi connectivity index (χ3v) is 4.75. The number of rotatable bonds is 10. The lowest BCUT2D eigenvalue weighted by Crippen LogP contribution is -2.33. The Labute approximate surface area is 172 Å². The van der Waals surface area contributed by atoms with E-state index >= 15 is 0 Å². The highest BCUT2D eigenvalue weighted by Crippen LogP contribution is 2.33. The first kappa shape index (κ1) is 21.6. The molecule has 0 heterocycles. The van der Waals surface area contributed by atoms with Gasteiger partial charge in [0.25, 0.3) is 0 Å². The van der Waals surface area contributed by atoms with Crippen LogP contribution in [0.3, 0.4) is 0 Å². The molecule has 0 aliphatic heterocycles. The minimum atomic E-state index is 0.0740. The zero-order chi connectivity index (χ0) is 19.6. The van der Waals surface area contributed by atoms with Crippen molar-refractivity contribution < 1.29 is 9.53 Å². The van der Waals surface area contributed by atoms with Crippen LogP contribution in [0.5, 0.6) is 5.75 Å². The molecule has 0 bridgehead atoms. The molecule has 0 atom stereocenters. The molecule has 0 aliphatic carbocycles. The van der Waals surface area contributed by atoms with Gasteiger partial charge in [-0.3, -0.25) is 4.79 Å². The van der Waals surface area contributed by atoms with Crippen molar-refractivity contribution in [1.29, 1.82) is 0 Å². The third-order valence-electron chi connectivity index (χ3n) is 4.25. The molecule has 0 saturated carbocycles. The van der Waals surface area contributed by atoms with Crippen molar-refractivity contribution in [3.8, 4) is 5.75 Å². The lowest BCUT2D eigenvalue weighted by molar-refractivity contribution is -0.130. The zero-order valence-electron chi connectivity index (χ0n) is 16.0. The molecule has 0 fully saturated rings. The van der Waals surface area contributed by atoms with Gasteiger partial charge in [-0.05, 0) is 30.5 Å². The molecule has 0 N–H and O–H groups in total. The van der Waals surface area contributed by atoms with E-state index in [9.17, 15) is 4.79 Å². The summed E-state index contributed by atoms with van der Waals surface area (Å²) in [7, 11) is 0. The molecule has 2 aromatic rings. The second-order valence-corrected chi connectivity index (χ2v) is 7.36. The van der Waals surface area contributed by atoms with Gasteiger partial charge in [-0.2, -0.15) is 0 Å². The van der Waals surface area contributed by atoms with E-state index in [1.165, 1.54) is 5.56 Å². The van der Waals surface area contributed by atoms with E-state index in [1.54, 1.807) is 12.1 Å². The fourth-order valence-electron chi connectivity index (χ4n) is 3.00. The largest absolute Gasteiger partial charge is 0.491 e. The predicted molar refractivity (Wildman–Crippen MR) is 113 cm³/mol. The van der Waals surface area contributed by atoms with E-state index in [2.05, 4.69) is 26.0 Å². The second-order valence-electron chi connectivity index (χ2n) is 6.52. The van der Waals surface area contributed by atoms with Crippen molar-refractivity contribution in [2.45, 2.75) is 39.5 Å². The molecule has 0 aromatic heterocycles. The highest BCUT2D eigenvalue weighted by atomic mass is 35.5. The fraction of sp³-hybridized carbons (Fsp3) is 0.409. The van der Waals surface area contributed by atoms with Gasteiger partial charge < -0.3 is 9.64 Å². The Bertz CT molecular complexity index is 729. The summed E-state index contributed by atoms with van der Waals surface area (Å²) < 4.78 is 5.97. The fourth-order valence-corrected chi connectivity index (χ4v) is 3.59. The number of carbonyl (C=O) groups is 1. The van der Waals surface area contributed by atoms with Crippen LogP contribution in [-0.2, 0) is 17.6 Å². The van der Waals surface area contributed by atoms with Crippen molar-refractivity contribution in [2.24, 2.45) is 0 Å². The van der Waals surface area contributed by atoms with Gasteiger partial charge >= 0.3 is 0 Å². The Hall–Kier alpha value is -1.71. The SMILES string of the molecule is CCCN(CCC)C(=O)Cc1cc(Cl)cc(Cl)c1OCCc1ccccc1. The van der Waals surface area contributed by atoms with Gasteiger partial charge in [0.1, 0.15) is 5.75 Å². The van der Waals surface area contributed by atoms with Gasteiger partial charge in [0.05, 0.1) is 18.1 Å². The zero-order valence-corrected chi connectivity index (χ0v) is 17.5. The smallest absolute Gasteiger partial charge is 0.227 e. The van der Waals surface area contributed by atoms with Crippen molar-refractivity contribution >= 4 is 29.1 Å². The molecule has 0 spiro atoms. The summed E-state index contributed by atoms with van der Waals surface area (Å²) in [6, 6.07) is 13.6. The third kappa shape index (κ3) is 6.75. The molecular weight excluding hydrogens is 381 g/mol. The van der Waals surface area contributed by atoms with Crippen LogP contribution in [0.2, 0.25) is 10.0 Å². The Kier molecular flexibility index (Phi) is 8.96. The molecule has 146 valence electrons. The Morgan fingerprint density at radius 3 is 2.33 bits per heavy atom. The lowest BCUT2D eigenvalue weighted by Gasteiger charge is -2.22. The van der Waals surface area contributed by atoms with Crippen LogP contribution in [0.25, 0.3) is 0 Å². The summed E-state index contributed by atoms with van der Waals surface area (Å²) in [4.78, 5) is 14.6. The average Bonchev–Trinajstić information content (AvgIpc) is 2.64. The van der Waals surface area contributed by atoms with E-state index in [4.69, 9.17) is 27.9 Å². The van der Waals surface area contributed by atoms with E-state index in [0.717, 1.165) is 37.9 Å². The van der Waals surface area contributed by atoms with Crippen LogP contribution in [0.15, 0.2) is 42.5 Å². The molecule has 2 rings (SSSR count). The summed E-state index contributed by atoms with van der Waals surface area (Å²) in [5.41, 5.74) is 1.93. The topological polar surface area (TPSA) is 29.5 Å². The van der Waals surface area contributed by atoms with Gasteiger partial charge in [0.2, 0.25) is 5.91 Å². The number of halogens is 2. The predicted octanol–water partition coefficient (Wildman–Crippen LogP) is 5.81. The number of nitrogens with zero attached hydrogens (tertiary/aromatic N) is 1. The number of hydrogen-bond acceptors (Lipinski definition) is 2. The molecule has 0 saturated heterocycles. The van der Waals surface area contributed by atoms with Gasteiger partial charge in [-0.25, -0.2) is 0 Å². The number of carbonyl (C=O) groups excluding carboxylic acids is 1. The van der Waals surface area contributed by atoms with Gasteiger partial charge in [-0.15, -0.1) is 0 Å². The monoisotopic (exact) mass is 407 g/mol. The van der Waals surface area contributed by atoms with Crippen LogP contribution in [-0.4, -0.2) is 30.5 Å². The molecule has 0 unspecified atom stereocenters. The highest BCUT2D eigenvalue weighted by molar-refractivity contribution is 6.35. The van der Waals surface area contributed by atoms with Gasteiger partial charge in [-0.1, -0.05) is 67.4 Å². The maximum absolute atomic E-state index is 12.7. The number of benzene rings is 2. The van der Waals surface area contributed by atoms with Crippen LogP contribution in [0, 0.1) is 0 Å². The second kappa shape index (κ2) is 11.2. The molecule has 0 radical (unpaired) electrons. The van der Waals surface area contributed by atoms with Crippen molar-refractivity contribution in [2.75, 3.05) is 19.7 Å². The van der Waals surface area contributed by atoms with E-state index < -0.39 is 0 Å². The molecule has 5 heteroatoms. The first-order valence-corrected chi connectivity index (χ1v) is 10.2. The number of hydrogen-bond donors (Lipinski definition) is 0. The molecule has 1 amide bonds. The number of ether oxygens (including phenoxy) is 1. The molecule has 27 heavy (non-hydrogen) atoms. The maximum Gasteiger partial charge on any atom is 0.227 e. The molecule has 0 aliphatic rings. The van der Waals surface area contributed by atoms with Crippen LogP contribution < -0.4 is 4.74 Å². The standard InChI is InChI=1S/C22H27Cl2NO2/c1-3-11-25(12-4-2)21(26)15-18-14-19(23)16-20(24)22(18)27-13-10-17-8-6-5-7-9-17/h5-9,14,16H,3-4,10-13,15H2,1-2H3. The Morgan fingerprint density at radius 2 is 1.70 bits per heavy atom. The summed E-state index contributed by atoms with van der Waals surface area (Å²) in [6.45, 7) is 6.14. The van der Waals surface area contributed by atoms with Crippen molar-refractivity contribution in [3.05, 3.63) is 63.6 Å². The summed E-state index contributed by atoms with van der Waals surface area (Å²) >= 11 is 12.5. The van der Waals surface area contributed by atoms with E-state index in [-0.39, 0.29) is 12.3 Å². The Morgan fingerprint density at radius 1 is 1.04 bits per heavy atom. The van der Waals surface area contributed by atoms with Crippen LogP contribution in [0.1, 0.15) is 37.8 Å². The van der Waals surface area contributed by atoms with Gasteiger partial charge in [0, 0.05) is 30.1 Å². The van der Waals surface area contributed by atoms with Crippen LogP contribution >= 0.6 is 23.2 Å². The first-order valence-electron chi connectivity index (χ1n) is 9.47.